The summed E-state index contributed by atoms with van der Waals surface area (Å²) in [5.74, 6) is 2.90. The van der Waals surface area contributed by atoms with Crippen molar-refractivity contribution in [2.24, 2.45) is 0 Å². The van der Waals surface area contributed by atoms with Crippen LogP contribution in [0.15, 0.2) is 35.3 Å². The van der Waals surface area contributed by atoms with E-state index in [2.05, 4.69) is 41.1 Å². The highest BCUT2D eigenvalue weighted by molar-refractivity contribution is 6.83. The van der Waals surface area contributed by atoms with Crippen molar-refractivity contribution in [1.29, 1.82) is 0 Å². The molecule has 2 aliphatic heterocycles. The predicted molar refractivity (Wildman–Crippen MR) is 124 cm³/mol. The van der Waals surface area contributed by atoms with Gasteiger partial charge in [0.25, 0.3) is 5.91 Å². The molecule has 4 heterocycles. The van der Waals surface area contributed by atoms with Gasteiger partial charge in [0.1, 0.15) is 20.1 Å². The van der Waals surface area contributed by atoms with E-state index >= 15 is 0 Å². The lowest BCUT2D eigenvalue weighted by Crippen LogP contribution is -2.44. The Hall–Kier alpha value is -3.64. The number of hydrogen-bond acceptors (Lipinski definition) is 6. The third-order valence-electron chi connectivity index (χ3n) is 5.72. The lowest BCUT2D eigenvalue weighted by Gasteiger charge is -2.39. The molecular weight excluding hydrogens is 436 g/mol. The molecule has 9 heteroatoms. The molecule has 5 rings (SSSR count). The van der Waals surface area contributed by atoms with Crippen molar-refractivity contribution in [3.63, 3.8) is 0 Å². The number of benzene rings is 1. The van der Waals surface area contributed by atoms with Crippen molar-refractivity contribution >= 4 is 20.0 Å². The monoisotopic (exact) mass is 460 g/mol. The zero-order valence-corrected chi connectivity index (χ0v) is 20.0. The van der Waals surface area contributed by atoms with Crippen molar-refractivity contribution in [2.45, 2.75) is 39.0 Å². The SMILES string of the molecule is CCOC(=O)c1ncoc1-c1ncn2c1[C@@H]1CCN1C(=O)c1cc(C#C[Si](C)(C)C)ccc1-2. The smallest absolute Gasteiger partial charge is 0.361 e. The van der Waals surface area contributed by atoms with Crippen molar-refractivity contribution < 1.29 is 18.7 Å². The molecule has 0 radical (unpaired) electrons. The Kier molecular flexibility index (Phi) is 4.98. The van der Waals surface area contributed by atoms with Crippen LogP contribution >= 0.6 is 0 Å². The first-order valence-electron chi connectivity index (χ1n) is 10.9. The van der Waals surface area contributed by atoms with Crippen LogP contribution in [0.3, 0.4) is 0 Å². The number of hydrogen-bond donors (Lipinski definition) is 0. The topological polar surface area (TPSA) is 90.5 Å². The molecule has 3 aromatic rings. The van der Waals surface area contributed by atoms with E-state index in [4.69, 9.17) is 9.15 Å². The molecule has 0 aliphatic carbocycles. The van der Waals surface area contributed by atoms with E-state index in [0.29, 0.717) is 17.8 Å². The van der Waals surface area contributed by atoms with Crippen LogP contribution in [-0.2, 0) is 4.74 Å². The minimum Gasteiger partial charge on any atom is -0.461 e. The maximum atomic E-state index is 13.4. The van der Waals surface area contributed by atoms with E-state index in [1.807, 2.05) is 27.7 Å². The van der Waals surface area contributed by atoms with E-state index in [9.17, 15) is 9.59 Å². The van der Waals surface area contributed by atoms with Crippen LogP contribution in [0.5, 0.6) is 0 Å². The number of oxazole rings is 1. The Morgan fingerprint density at radius 1 is 1.30 bits per heavy atom. The number of carbonyl (C=O) groups excluding carboxylic acids is 2. The highest BCUT2D eigenvalue weighted by atomic mass is 28.3. The van der Waals surface area contributed by atoms with E-state index in [1.165, 1.54) is 6.39 Å². The molecule has 2 aromatic heterocycles. The first-order valence-corrected chi connectivity index (χ1v) is 14.4. The Morgan fingerprint density at radius 2 is 2.12 bits per heavy atom. The summed E-state index contributed by atoms with van der Waals surface area (Å²) in [6.45, 7) is 9.18. The second kappa shape index (κ2) is 7.74. The van der Waals surface area contributed by atoms with Gasteiger partial charge in [0.05, 0.1) is 29.6 Å². The lowest BCUT2D eigenvalue weighted by atomic mass is 9.96. The number of amides is 1. The van der Waals surface area contributed by atoms with Gasteiger partial charge in [-0.3, -0.25) is 9.36 Å². The number of carbonyl (C=O) groups is 2. The summed E-state index contributed by atoms with van der Waals surface area (Å²) >= 11 is 0. The zero-order valence-electron chi connectivity index (χ0n) is 19.0. The van der Waals surface area contributed by atoms with Crippen molar-refractivity contribution in [1.82, 2.24) is 19.4 Å². The van der Waals surface area contributed by atoms with Crippen LogP contribution in [0, 0.1) is 11.5 Å². The van der Waals surface area contributed by atoms with E-state index in [0.717, 1.165) is 23.4 Å². The van der Waals surface area contributed by atoms with Gasteiger partial charge >= 0.3 is 5.97 Å². The number of imidazole rings is 1. The molecule has 0 spiro atoms. The van der Waals surface area contributed by atoms with Gasteiger partial charge in [-0.15, -0.1) is 5.54 Å². The molecule has 1 aromatic carbocycles. The van der Waals surface area contributed by atoms with Crippen molar-refractivity contribution in [3.05, 3.63) is 53.4 Å². The van der Waals surface area contributed by atoms with Gasteiger partial charge in [0, 0.05) is 12.1 Å². The third-order valence-corrected chi connectivity index (χ3v) is 6.60. The van der Waals surface area contributed by atoms with Gasteiger partial charge in [0.2, 0.25) is 0 Å². The number of aromatic nitrogens is 3. The fourth-order valence-corrected chi connectivity index (χ4v) is 4.65. The second-order valence-corrected chi connectivity index (χ2v) is 13.9. The van der Waals surface area contributed by atoms with E-state index in [-0.39, 0.29) is 30.0 Å². The number of esters is 1. The molecule has 0 unspecified atom stereocenters. The van der Waals surface area contributed by atoms with Crippen LogP contribution in [0.1, 0.15) is 51.5 Å². The summed E-state index contributed by atoms with van der Waals surface area (Å²) in [5.41, 5.74) is 6.89. The van der Waals surface area contributed by atoms with Gasteiger partial charge in [-0.2, -0.15) is 0 Å². The average Bonchev–Trinajstić information content (AvgIpc) is 3.36. The van der Waals surface area contributed by atoms with Gasteiger partial charge < -0.3 is 14.1 Å². The number of ether oxygens (including phenoxy) is 1. The summed E-state index contributed by atoms with van der Waals surface area (Å²) in [6.07, 6.45) is 3.68. The molecule has 1 amide bonds. The molecule has 0 saturated carbocycles. The molecular formula is C24H24N4O4Si. The molecule has 0 N–H and O–H groups in total. The molecule has 1 fully saturated rings. The molecule has 0 bridgehead atoms. The molecule has 168 valence electrons. The zero-order chi connectivity index (χ0) is 23.3. The van der Waals surface area contributed by atoms with Gasteiger partial charge in [-0.25, -0.2) is 14.8 Å². The van der Waals surface area contributed by atoms with Crippen molar-refractivity contribution in [2.75, 3.05) is 13.2 Å². The highest BCUT2D eigenvalue weighted by Gasteiger charge is 2.43. The minimum absolute atomic E-state index is 0.0317. The fraction of sp³-hybridized carbons (Fsp3) is 0.333. The molecule has 8 nitrogen and oxygen atoms in total. The fourth-order valence-electron chi connectivity index (χ4n) is 4.13. The Labute approximate surface area is 192 Å². The molecule has 2 aliphatic rings. The second-order valence-electron chi connectivity index (χ2n) is 9.13. The van der Waals surface area contributed by atoms with Gasteiger partial charge in [0.15, 0.2) is 17.8 Å². The minimum atomic E-state index is -1.55. The van der Waals surface area contributed by atoms with Crippen LogP contribution in [0.4, 0.5) is 0 Å². The van der Waals surface area contributed by atoms with Gasteiger partial charge in [-0.05, 0) is 31.5 Å². The number of fused-ring (bicyclic) bond motifs is 5. The van der Waals surface area contributed by atoms with E-state index in [1.54, 1.807) is 13.3 Å². The molecule has 1 saturated heterocycles. The summed E-state index contributed by atoms with van der Waals surface area (Å²) in [7, 11) is -1.55. The van der Waals surface area contributed by atoms with Crippen LogP contribution < -0.4 is 0 Å². The Morgan fingerprint density at radius 3 is 2.82 bits per heavy atom. The third kappa shape index (κ3) is 3.56. The van der Waals surface area contributed by atoms with E-state index < -0.39 is 14.0 Å². The normalized spacial score (nSPS) is 16.5. The summed E-state index contributed by atoms with van der Waals surface area (Å²) in [5, 5.41) is 0. The first kappa shape index (κ1) is 21.2. The van der Waals surface area contributed by atoms with Gasteiger partial charge in [-0.1, -0.05) is 25.6 Å². The average molecular weight is 461 g/mol. The van der Waals surface area contributed by atoms with Crippen LogP contribution in [-0.4, -0.2) is 52.5 Å². The van der Waals surface area contributed by atoms with Crippen LogP contribution in [0.2, 0.25) is 19.6 Å². The maximum absolute atomic E-state index is 13.4. The standard InChI is InChI=1S/C24H24N4O4Si/c1-5-31-24(30)20-22(32-14-26-20)19-21-18-8-10-27(18)23(29)16-12-15(9-11-33(2,3)4)6-7-17(16)28(21)13-25-19/h6-7,12-14,18H,5,8,10H2,1-4H3/t18-/m0/s1. The maximum Gasteiger partial charge on any atom is 0.361 e. The molecule has 33 heavy (non-hydrogen) atoms. The largest absolute Gasteiger partial charge is 0.461 e. The number of nitrogens with zero attached hydrogens (tertiary/aromatic N) is 4. The molecule has 1 atom stereocenters. The number of rotatable bonds is 3. The first-order chi connectivity index (χ1) is 15.8. The van der Waals surface area contributed by atoms with Crippen LogP contribution in [0.25, 0.3) is 17.1 Å². The quantitative estimate of drug-likeness (QED) is 0.335. The Balaban J connectivity index is 1.65. The summed E-state index contributed by atoms with van der Waals surface area (Å²) < 4.78 is 12.6. The van der Waals surface area contributed by atoms with Crippen molar-refractivity contribution in [3.8, 4) is 28.6 Å². The summed E-state index contributed by atoms with van der Waals surface area (Å²) in [4.78, 5) is 36.3. The summed E-state index contributed by atoms with van der Waals surface area (Å²) in [6, 6.07) is 5.55. The highest BCUT2D eigenvalue weighted by Crippen LogP contribution is 2.44. The predicted octanol–water partition coefficient (Wildman–Crippen LogP) is 3.83. The lowest BCUT2D eigenvalue weighted by molar-refractivity contribution is 0.0459. The Bertz CT molecular complexity index is 1340.